The lowest BCUT2D eigenvalue weighted by Crippen LogP contribution is -2.14. The fourth-order valence-corrected chi connectivity index (χ4v) is 4.92. The Morgan fingerprint density at radius 2 is 1.52 bits per heavy atom. The van der Waals surface area contributed by atoms with E-state index in [4.69, 9.17) is 4.74 Å². The molecule has 2 aliphatic carbocycles. The number of hydrogen-bond acceptors (Lipinski definition) is 1. The Morgan fingerprint density at radius 1 is 0.889 bits per heavy atom. The van der Waals surface area contributed by atoms with Gasteiger partial charge in [-0.25, -0.2) is 4.39 Å². The molecule has 0 unspecified atom stereocenters. The second kappa shape index (κ2) is 9.71. The smallest absolute Gasteiger partial charge is 0.200 e. The number of ether oxygens (including phenoxy) is 1. The third-order valence-electron chi connectivity index (χ3n) is 6.58. The Hall–Kier alpha value is -1.38. The minimum atomic E-state index is -0.830. The molecule has 0 heterocycles. The van der Waals surface area contributed by atoms with Crippen molar-refractivity contribution in [2.24, 2.45) is 5.92 Å². The van der Waals surface area contributed by atoms with Crippen LogP contribution in [0.1, 0.15) is 96.0 Å². The van der Waals surface area contributed by atoms with Crippen molar-refractivity contribution < 1.29 is 13.5 Å². The quantitative estimate of drug-likeness (QED) is 0.462. The maximum Gasteiger partial charge on any atom is 0.200 e. The highest BCUT2D eigenvalue weighted by Gasteiger charge is 2.26. The van der Waals surface area contributed by atoms with Crippen molar-refractivity contribution in [1.29, 1.82) is 0 Å². The molecule has 2 fully saturated rings. The Labute approximate surface area is 163 Å². The van der Waals surface area contributed by atoms with E-state index in [0.29, 0.717) is 12.2 Å². The molecule has 0 bridgehead atoms. The molecule has 0 saturated heterocycles. The number of unbranched alkanes of at least 4 members (excludes halogenated alkanes) is 1. The van der Waals surface area contributed by atoms with Gasteiger partial charge in [0.25, 0.3) is 0 Å². The van der Waals surface area contributed by atoms with Gasteiger partial charge in [-0.2, -0.15) is 4.39 Å². The van der Waals surface area contributed by atoms with Gasteiger partial charge in [-0.3, -0.25) is 0 Å². The molecule has 0 amide bonds. The van der Waals surface area contributed by atoms with Crippen molar-refractivity contribution in [2.45, 2.75) is 90.4 Å². The summed E-state index contributed by atoms with van der Waals surface area (Å²) in [5, 5.41) is 0. The van der Waals surface area contributed by atoms with Crippen molar-refractivity contribution in [3.8, 4) is 5.75 Å². The summed E-state index contributed by atoms with van der Waals surface area (Å²) in [5.41, 5.74) is 3.83. The largest absolute Gasteiger partial charge is 0.491 e. The maximum atomic E-state index is 14.5. The Balaban J connectivity index is 1.59. The van der Waals surface area contributed by atoms with Crippen LogP contribution >= 0.6 is 0 Å². The molecule has 0 atom stereocenters. The van der Waals surface area contributed by atoms with Gasteiger partial charge in [0.05, 0.1) is 6.61 Å². The summed E-state index contributed by atoms with van der Waals surface area (Å²) in [7, 11) is 0. The summed E-state index contributed by atoms with van der Waals surface area (Å²) in [6.07, 6.45) is 13.2. The van der Waals surface area contributed by atoms with Gasteiger partial charge < -0.3 is 4.74 Å². The molecule has 2 aliphatic rings. The second-order valence-electron chi connectivity index (χ2n) is 8.28. The normalized spacial score (nSPS) is 23.6. The van der Waals surface area contributed by atoms with Crippen molar-refractivity contribution in [3.63, 3.8) is 0 Å². The van der Waals surface area contributed by atoms with E-state index in [1.807, 2.05) is 0 Å². The van der Waals surface area contributed by atoms with E-state index in [-0.39, 0.29) is 11.7 Å². The van der Waals surface area contributed by atoms with Crippen molar-refractivity contribution in [3.05, 3.63) is 40.5 Å². The molecule has 3 heteroatoms. The molecule has 0 aliphatic heterocycles. The first-order chi connectivity index (χ1) is 13.1. The van der Waals surface area contributed by atoms with Crippen molar-refractivity contribution in [1.82, 2.24) is 0 Å². The molecule has 3 rings (SSSR count). The monoisotopic (exact) mass is 376 g/mol. The highest BCUT2D eigenvalue weighted by atomic mass is 19.2. The van der Waals surface area contributed by atoms with E-state index >= 15 is 0 Å². The molecular weight excluding hydrogens is 342 g/mol. The van der Waals surface area contributed by atoms with Crippen LogP contribution in [0, 0.1) is 17.6 Å². The van der Waals surface area contributed by atoms with Crippen LogP contribution in [0.4, 0.5) is 8.78 Å². The first kappa shape index (κ1) is 20.4. The number of allylic oxidation sites excluding steroid dienone is 2. The van der Waals surface area contributed by atoms with Gasteiger partial charge in [0.2, 0.25) is 5.82 Å². The summed E-state index contributed by atoms with van der Waals surface area (Å²) in [6.45, 7) is 4.39. The van der Waals surface area contributed by atoms with Gasteiger partial charge in [-0.1, -0.05) is 43.4 Å². The first-order valence-corrected chi connectivity index (χ1v) is 10.9. The number of benzene rings is 1. The van der Waals surface area contributed by atoms with Gasteiger partial charge in [-0.05, 0) is 81.8 Å². The Kier molecular flexibility index (Phi) is 7.32. The van der Waals surface area contributed by atoms with Crippen molar-refractivity contribution >= 4 is 0 Å². The van der Waals surface area contributed by atoms with Crippen LogP contribution in [0.5, 0.6) is 5.75 Å². The van der Waals surface area contributed by atoms with Gasteiger partial charge in [0.15, 0.2) is 11.6 Å². The van der Waals surface area contributed by atoms with Crippen LogP contribution in [-0.2, 0) is 0 Å². The number of rotatable bonds is 6. The minimum absolute atomic E-state index is 0.0252. The van der Waals surface area contributed by atoms with Gasteiger partial charge >= 0.3 is 0 Å². The fraction of sp³-hybridized carbons (Fsp3) is 0.667. The topological polar surface area (TPSA) is 9.23 Å². The van der Waals surface area contributed by atoms with Gasteiger partial charge in [-0.15, -0.1) is 0 Å². The van der Waals surface area contributed by atoms with Gasteiger partial charge in [0.1, 0.15) is 0 Å². The SMILES string of the molecule is CCCCC1CCC(=C2CCC(c3ccc(OCC)c(F)c3F)CC2)CC1. The Bertz CT molecular complexity index is 645. The molecule has 0 spiro atoms. The average Bonchev–Trinajstić information content (AvgIpc) is 2.71. The van der Waals surface area contributed by atoms with Crippen LogP contribution in [0.15, 0.2) is 23.3 Å². The fourth-order valence-electron chi connectivity index (χ4n) is 4.92. The molecule has 27 heavy (non-hydrogen) atoms. The lowest BCUT2D eigenvalue weighted by molar-refractivity contribution is 0.312. The molecular formula is C24H34F2O. The van der Waals surface area contributed by atoms with Gasteiger partial charge in [0, 0.05) is 0 Å². The van der Waals surface area contributed by atoms with E-state index in [0.717, 1.165) is 31.6 Å². The lowest BCUT2D eigenvalue weighted by atomic mass is 9.75. The highest BCUT2D eigenvalue weighted by molar-refractivity contribution is 5.34. The summed E-state index contributed by atoms with van der Waals surface area (Å²) in [6, 6.07) is 3.31. The van der Waals surface area contributed by atoms with Crippen LogP contribution in [0.3, 0.4) is 0 Å². The maximum absolute atomic E-state index is 14.5. The van der Waals surface area contributed by atoms with E-state index in [9.17, 15) is 8.78 Å². The third kappa shape index (κ3) is 4.92. The molecule has 0 aromatic heterocycles. The molecule has 0 radical (unpaired) electrons. The molecule has 150 valence electrons. The third-order valence-corrected chi connectivity index (χ3v) is 6.58. The average molecular weight is 377 g/mol. The standard InChI is InChI=1S/C24H34F2O/c1-3-5-6-17-7-9-18(10-8-17)19-11-13-20(14-12-19)21-15-16-22(27-4-2)24(26)23(21)25/h15-17,20H,3-14H2,1-2H3. The molecule has 1 nitrogen and oxygen atoms in total. The second-order valence-corrected chi connectivity index (χ2v) is 8.28. The first-order valence-electron chi connectivity index (χ1n) is 10.9. The summed E-state index contributed by atoms with van der Waals surface area (Å²) >= 11 is 0. The van der Waals surface area contributed by atoms with Crippen molar-refractivity contribution in [2.75, 3.05) is 6.61 Å². The van der Waals surface area contributed by atoms with E-state index in [2.05, 4.69) is 6.92 Å². The minimum Gasteiger partial charge on any atom is -0.491 e. The van der Waals surface area contributed by atoms with Crippen LogP contribution < -0.4 is 4.74 Å². The zero-order valence-corrected chi connectivity index (χ0v) is 17.0. The molecule has 1 aromatic carbocycles. The molecule has 0 N–H and O–H groups in total. The number of hydrogen-bond donors (Lipinski definition) is 0. The van der Waals surface area contributed by atoms with E-state index in [1.165, 1.54) is 44.9 Å². The summed E-state index contributed by atoms with van der Waals surface area (Å²) in [5.74, 6) is -0.466. The van der Waals surface area contributed by atoms with E-state index < -0.39 is 11.6 Å². The van der Waals surface area contributed by atoms with Crippen LogP contribution in [0.2, 0.25) is 0 Å². The molecule has 2 saturated carbocycles. The molecule has 1 aromatic rings. The highest BCUT2D eigenvalue weighted by Crippen LogP contribution is 2.42. The number of halogens is 2. The zero-order chi connectivity index (χ0) is 19.2. The Morgan fingerprint density at radius 3 is 2.11 bits per heavy atom. The summed E-state index contributed by atoms with van der Waals surface area (Å²) in [4.78, 5) is 0. The predicted molar refractivity (Wildman–Crippen MR) is 107 cm³/mol. The lowest BCUT2D eigenvalue weighted by Gasteiger charge is -2.30. The van der Waals surface area contributed by atoms with Crippen LogP contribution in [-0.4, -0.2) is 6.61 Å². The van der Waals surface area contributed by atoms with E-state index in [1.54, 1.807) is 30.2 Å². The predicted octanol–water partition coefficient (Wildman–Crippen LogP) is 7.70. The summed E-state index contributed by atoms with van der Waals surface area (Å²) < 4.78 is 33.9. The zero-order valence-electron chi connectivity index (χ0n) is 17.0. The van der Waals surface area contributed by atoms with Crippen LogP contribution in [0.25, 0.3) is 0 Å².